The molecule has 0 atom stereocenters. The van der Waals surface area contributed by atoms with Crippen LogP contribution in [0.3, 0.4) is 0 Å². The Morgan fingerprint density at radius 2 is 1.36 bits per heavy atom. The Morgan fingerprint density at radius 1 is 0.818 bits per heavy atom. The number of rotatable bonds is 0. The van der Waals surface area contributed by atoms with Crippen molar-refractivity contribution in [2.45, 2.75) is 32.1 Å². The minimum atomic E-state index is 1.27. The van der Waals surface area contributed by atoms with Crippen LogP contribution < -0.4 is 0 Å². The van der Waals surface area contributed by atoms with Crippen molar-refractivity contribution < 1.29 is 0 Å². The topological polar surface area (TPSA) is 0 Å². The highest BCUT2D eigenvalue weighted by Gasteiger charge is 2.26. The molecule has 3 aliphatic rings. The summed E-state index contributed by atoms with van der Waals surface area (Å²) in [6, 6.07) is 0. The fraction of sp³-hybridized carbons (Fsp3) is 0.455. The first-order valence-corrected chi connectivity index (χ1v) is 4.57. The van der Waals surface area contributed by atoms with Gasteiger partial charge in [-0.3, -0.25) is 0 Å². The molecule has 3 aliphatic carbocycles. The van der Waals surface area contributed by atoms with E-state index in [0.717, 1.165) is 0 Å². The molecule has 0 N–H and O–H groups in total. The summed E-state index contributed by atoms with van der Waals surface area (Å²) in [5.74, 6) is 0. The van der Waals surface area contributed by atoms with Gasteiger partial charge in [-0.2, -0.15) is 0 Å². The fourth-order valence-corrected chi connectivity index (χ4v) is 2.55. The van der Waals surface area contributed by atoms with Crippen LogP contribution in [0.15, 0.2) is 34.4 Å². The minimum absolute atomic E-state index is 1.27. The van der Waals surface area contributed by atoms with E-state index in [1.54, 1.807) is 22.3 Å². The van der Waals surface area contributed by atoms with Gasteiger partial charge in [0.05, 0.1) is 0 Å². The highest BCUT2D eigenvalue weighted by molar-refractivity contribution is 5.60. The van der Waals surface area contributed by atoms with Gasteiger partial charge in [0, 0.05) is 0 Å². The maximum Gasteiger partial charge on any atom is -0.00201 e. The molecule has 0 radical (unpaired) electrons. The van der Waals surface area contributed by atoms with Crippen LogP contribution in [0.1, 0.15) is 32.1 Å². The van der Waals surface area contributed by atoms with Crippen LogP contribution in [0, 0.1) is 0 Å². The third-order valence-electron chi connectivity index (χ3n) is 3.11. The first-order chi connectivity index (χ1) is 5.45. The summed E-state index contributed by atoms with van der Waals surface area (Å²) in [5.41, 5.74) is 6.70. The normalized spacial score (nSPS) is 26.9. The summed E-state index contributed by atoms with van der Waals surface area (Å²) < 4.78 is 0. The molecular formula is C11H12. The van der Waals surface area contributed by atoms with Gasteiger partial charge < -0.3 is 0 Å². The van der Waals surface area contributed by atoms with E-state index in [9.17, 15) is 0 Å². The van der Waals surface area contributed by atoms with E-state index in [0.29, 0.717) is 0 Å². The number of hydrogen-bond donors (Lipinski definition) is 0. The van der Waals surface area contributed by atoms with E-state index >= 15 is 0 Å². The molecule has 56 valence electrons. The van der Waals surface area contributed by atoms with E-state index in [1.807, 2.05) is 0 Å². The van der Waals surface area contributed by atoms with Gasteiger partial charge in [-0.05, 0) is 54.4 Å². The van der Waals surface area contributed by atoms with Crippen molar-refractivity contribution in [2.75, 3.05) is 0 Å². The van der Waals surface area contributed by atoms with E-state index in [2.05, 4.69) is 12.2 Å². The number of allylic oxidation sites excluding steroid dienone is 6. The first kappa shape index (κ1) is 5.82. The van der Waals surface area contributed by atoms with E-state index in [1.165, 1.54) is 32.1 Å². The molecule has 0 nitrogen and oxygen atoms in total. The molecule has 3 rings (SSSR count). The lowest BCUT2D eigenvalue weighted by molar-refractivity contribution is 0.678. The molecule has 0 heterocycles. The molecule has 0 aromatic carbocycles. The minimum Gasteiger partial charge on any atom is -0.0581 e. The Hall–Kier alpha value is -0.780. The first-order valence-electron chi connectivity index (χ1n) is 4.57. The predicted molar refractivity (Wildman–Crippen MR) is 46.3 cm³/mol. The maximum absolute atomic E-state index is 2.32. The second-order valence-electron chi connectivity index (χ2n) is 3.72. The molecule has 11 heavy (non-hydrogen) atoms. The highest BCUT2D eigenvalue weighted by Crippen LogP contribution is 2.45. The van der Waals surface area contributed by atoms with Crippen molar-refractivity contribution in [1.82, 2.24) is 0 Å². The lowest BCUT2D eigenvalue weighted by atomic mass is 9.87. The molecule has 2 bridgehead atoms. The van der Waals surface area contributed by atoms with Gasteiger partial charge in [0.15, 0.2) is 0 Å². The SMILES string of the molecule is C1=CC2=C3CCCCC3=C1C2. The molecule has 1 saturated carbocycles. The quantitative estimate of drug-likeness (QED) is 0.490. The van der Waals surface area contributed by atoms with Crippen molar-refractivity contribution in [1.29, 1.82) is 0 Å². The smallest absolute Gasteiger partial charge is 0.00201 e. The Balaban J connectivity index is 2.17. The molecule has 0 saturated heterocycles. The zero-order valence-electron chi connectivity index (χ0n) is 6.69. The van der Waals surface area contributed by atoms with E-state index in [-0.39, 0.29) is 0 Å². The molecule has 0 spiro atoms. The van der Waals surface area contributed by atoms with Crippen LogP contribution >= 0.6 is 0 Å². The van der Waals surface area contributed by atoms with Gasteiger partial charge in [0.2, 0.25) is 0 Å². The molecule has 0 aromatic rings. The molecule has 0 aliphatic heterocycles. The second kappa shape index (κ2) is 1.88. The van der Waals surface area contributed by atoms with Crippen molar-refractivity contribution >= 4 is 0 Å². The van der Waals surface area contributed by atoms with Crippen LogP contribution in [0.25, 0.3) is 0 Å². The number of fused-ring (bicyclic) bond motifs is 3. The third-order valence-corrected chi connectivity index (χ3v) is 3.11. The summed E-state index contributed by atoms with van der Waals surface area (Å²) in [4.78, 5) is 0. The highest BCUT2D eigenvalue weighted by atomic mass is 14.3. The van der Waals surface area contributed by atoms with Crippen LogP contribution in [0.4, 0.5) is 0 Å². The van der Waals surface area contributed by atoms with Gasteiger partial charge in [-0.25, -0.2) is 0 Å². The maximum atomic E-state index is 2.32. The molecule has 0 unspecified atom stereocenters. The second-order valence-corrected chi connectivity index (χ2v) is 3.72. The Labute approximate surface area is 67.3 Å². The van der Waals surface area contributed by atoms with Crippen molar-refractivity contribution in [2.24, 2.45) is 0 Å². The molecular weight excluding hydrogens is 132 g/mol. The average Bonchev–Trinajstić information content (AvgIpc) is 2.64. The number of hydrogen-bond acceptors (Lipinski definition) is 0. The largest absolute Gasteiger partial charge is 0.0581 e. The summed E-state index contributed by atoms with van der Waals surface area (Å²) in [6.07, 6.45) is 11.5. The summed E-state index contributed by atoms with van der Waals surface area (Å²) >= 11 is 0. The molecule has 0 aromatic heterocycles. The summed E-state index contributed by atoms with van der Waals surface area (Å²) in [7, 11) is 0. The Kier molecular flexibility index (Phi) is 0.993. The van der Waals surface area contributed by atoms with Crippen LogP contribution in [-0.4, -0.2) is 0 Å². The van der Waals surface area contributed by atoms with E-state index in [4.69, 9.17) is 0 Å². The fourth-order valence-electron chi connectivity index (χ4n) is 2.55. The molecule has 0 amide bonds. The zero-order valence-corrected chi connectivity index (χ0v) is 6.69. The van der Waals surface area contributed by atoms with Crippen LogP contribution in [0.5, 0.6) is 0 Å². The lowest BCUT2D eigenvalue weighted by Gasteiger charge is -2.18. The summed E-state index contributed by atoms with van der Waals surface area (Å²) in [5, 5.41) is 0. The van der Waals surface area contributed by atoms with Crippen molar-refractivity contribution in [3.05, 3.63) is 34.4 Å². The standard InChI is InChI=1S/C11H12/c1-2-4-11-9-6-5-8(7-9)10(11)3-1/h5-6H,1-4,7H2. The van der Waals surface area contributed by atoms with Crippen LogP contribution in [0.2, 0.25) is 0 Å². The zero-order chi connectivity index (χ0) is 7.26. The van der Waals surface area contributed by atoms with Gasteiger partial charge in [-0.15, -0.1) is 0 Å². The van der Waals surface area contributed by atoms with Gasteiger partial charge in [0.1, 0.15) is 0 Å². The van der Waals surface area contributed by atoms with Crippen molar-refractivity contribution in [3.63, 3.8) is 0 Å². The Morgan fingerprint density at radius 3 is 1.91 bits per heavy atom. The van der Waals surface area contributed by atoms with Crippen molar-refractivity contribution in [3.8, 4) is 0 Å². The average molecular weight is 144 g/mol. The predicted octanol–water partition coefficient (Wildman–Crippen LogP) is 3.13. The van der Waals surface area contributed by atoms with Gasteiger partial charge >= 0.3 is 0 Å². The molecule has 0 heteroatoms. The van der Waals surface area contributed by atoms with Gasteiger partial charge in [-0.1, -0.05) is 12.2 Å². The molecule has 1 fully saturated rings. The van der Waals surface area contributed by atoms with Crippen LogP contribution in [-0.2, 0) is 0 Å². The van der Waals surface area contributed by atoms with Gasteiger partial charge in [0.25, 0.3) is 0 Å². The lowest BCUT2D eigenvalue weighted by Crippen LogP contribution is -1.99. The van der Waals surface area contributed by atoms with E-state index < -0.39 is 0 Å². The third kappa shape index (κ3) is 0.649. The Bertz CT molecular complexity index is 270. The summed E-state index contributed by atoms with van der Waals surface area (Å²) in [6.45, 7) is 0. The monoisotopic (exact) mass is 144 g/mol.